The SMILES string of the molecule is CCCNc1cc(CN2CCCC(OCC)C2)ccn1. The fraction of sp³-hybridized carbons (Fsp3) is 0.688. The van der Waals surface area contributed by atoms with Crippen LogP contribution in [0.25, 0.3) is 0 Å². The summed E-state index contributed by atoms with van der Waals surface area (Å²) in [6, 6.07) is 4.28. The van der Waals surface area contributed by atoms with Crippen molar-refractivity contribution in [1.29, 1.82) is 0 Å². The Hall–Kier alpha value is -1.13. The zero-order valence-corrected chi connectivity index (χ0v) is 12.8. The van der Waals surface area contributed by atoms with Gasteiger partial charge in [-0.2, -0.15) is 0 Å². The molecule has 1 unspecified atom stereocenters. The highest BCUT2D eigenvalue weighted by molar-refractivity contribution is 5.37. The Morgan fingerprint density at radius 3 is 3.15 bits per heavy atom. The van der Waals surface area contributed by atoms with Gasteiger partial charge in [0, 0.05) is 32.4 Å². The van der Waals surface area contributed by atoms with E-state index >= 15 is 0 Å². The van der Waals surface area contributed by atoms with E-state index in [2.05, 4.69) is 41.2 Å². The first-order chi connectivity index (χ1) is 9.81. The lowest BCUT2D eigenvalue weighted by Gasteiger charge is -2.32. The molecule has 1 aliphatic heterocycles. The highest BCUT2D eigenvalue weighted by Gasteiger charge is 2.19. The number of aromatic nitrogens is 1. The summed E-state index contributed by atoms with van der Waals surface area (Å²) in [6.45, 7) is 9.25. The minimum absolute atomic E-state index is 0.410. The van der Waals surface area contributed by atoms with Crippen molar-refractivity contribution in [3.8, 4) is 0 Å². The molecule has 0 aliphatic carbocycles. The second kappa shape index (κ2) is 8.22. The molecule has 1 saturated heterocycles. The molecule has 0 aromatic carbocycles. The van der Waals surface area contributed by atoms with Gasteiger partial charge in [0.15, 0.2) is 0 Å². The van der Waals surface area contributed by atoms with Crippen LogP contribution < -0.4 is 5.32 Å². The molecule has 1 atom stereocenters. The van der Waals surface area contributed by atoms with Gasteiger partial charge in [0.25, 0.3) is 0 Å². The van der Waals surface area contributed by atoms with Crippen molar-refractivity contribution < 1.29 is 4.74 Å². The predicted octanol–water partition coefficient (Wildman–Crippen LogP) is 2.90. The van der Waals surface area contributed by atoms with Crippen molar-refractivity contribution in [3.05, 3.63) is 23.9 Å². The molecule has 4 heteroatoms. The van der Waals surface area contributed by atoms with Gasteiger partial charge < -0.3 is 10.1 Å². The number of likely N-dealkylation sites (tertiary alicyclic amines) is 1. The summed E-state index contributed by atoms with van der Waals surface area (Å²) < 4.78 is 5.76. The summed E-state index contributed by atoms with van der Waals surface area (Å²) in [7, 11) is 0. The Labute approximate surface area is 122 Å². The van der Waals surface area contributed by atoms with Crippen LogP contribution >= 0.6 is 0 Å². The lowest BCUT2D eigenvalue weighted by Crippen LogP contribution is -2.39. The molecule has 1 aromatic heterocycles. The molecule has 0 bridgehead atoms. The molecule has 0 amide bonds. The second-order valence-corrected chi connectivity index (χ2v) is 5.43. The number of ether oxygens (including phenoxy) is 1. The van der Waals surface area contributed by atoms with Crippen LogP contribution in [0, 0.1) is 0 Å². The van der Waals surface area contributed by atoms with E-state index in [0.717, 1.165) is 38.5 Å². The highest BCUT2D eigenvalue weighted by atomic mass is 16.5. The van der Waals surface area contributed by atoms with Crippen molar-refractivity contribution in [1.82, 2.24) is 9.88 Å². The lowest BCUT2D eigenvalue weighted by molar-refractivity contribution is 0.00363. The molecule has 1 aromatic rings. The normalized spacial score (nSPS) is 20.0. The highest BCUT2D eigenvalue weighted by Crippen LogP contribution is 2.17. The van der Waals surface area contributed by atoms with E-state index in [-0.39, 0.29) is 0 Å². The lowest BCUT2D eigenvalue weighted by atomic mass is 10.1. The smallest absolute Gasteiger partial charge is 0.126 e. The average molecular weight is 277 g/mol. The van der Waals surface area contributed by atoms with Crippen LogP contribution in [0.2, 0.25) is 0 Å². The molecule has 1 fully saturated rings. The van der Waals surface area contributed by atoms with Gasteiger partial charge in [-0.05, 0) is 50.4 Å². The largest absolute Gasteiger partial charge is 0.377 e. The van der Waals surface area contributed by atoms with Crippen LogP contribution in [0.5, 0.6) is 0 Å². The van der Waals surface area contributed by atoms with Gasteiger partial charge in [-0.25, -0.2) is 4.98 Å². The van der Waals surface area contributed by atoms with Crippen molar-refractivity contribution >= 4 is 5.82 Å². The molecule has 0 spiro atoms. The predicted molar refractivity (Wildman–Crippen MR) is 82.9 cm³/mol. The van der Waals surface area contributed by atoms with Gasteiger partial charge in [0.2, 0.25) is 0 Å². The number of piperidine rings is 1. The quantitative estimate of drug-likeness (QED) is 0.831. The first-order valence-electron chi connectivity index (χ1n) is 7.84. The minimum atomic E-state index is 0.410. The first-order valence-corrected chi connectivity index (χ1v) is 7.84. The van der Waals surface area contributed by atoms with Crippen LogP contribution in [0.4, 0.5) is 5.82 Å². The van der Waals surface area contributed by atoms with Gasteiger partial charge in [0.05, 0.1) is 6.10 Å². The van der Waals surface area contributed by atoms with E-state index in [1.54, 1.807) is 0 Å². The molecule has 20 heavy (non-hydrogen) atoms. The zero-order chi connectivity index (χ0) is 14.2. The number of anilines is 1. The van der Waals surface area contributed by atoms with E-state index in [4.69, 9.17) is 4.74 Å². The average Bonchev–Trinajstić information content (AvgIpc) is 2.46. The standard InChI is InChI=1S/C16H27N3O/c1-3-8-17-16-11-14(7-9-18-16)12-19-10-5-6-15(13-19)20-4-2/h7,9,11,15H,3-6,8,10,12-13H2,1-2H3,(H,17,18). The number of rotatable bonds is 7. The third kappa shape index (κ3) is 4.76. The molecule has 1 N–H and O–H groups in total. The van der Waals surface area contributed by atoms with Crippen LogP contribution in [-0.2, 0) is 11.3 Å². The fourth-order valence-corrected chi connectivity index (χ4v) is 2.71. The molecule has 4 nitrogen and oxygen atoms in total. The van der Waals surface area contributed by atoms with E-state index in [0.29, 0.717) is 6.10 Å². The third-order valence-electron chi connectivity index (χ3n) is 3.65. The van der Waals surface area contributed by atoms with Crippen molar-refractivity contribution in [2.24, 2.45) is 0 Å². The number of hydrogen-bond acceptors (Lipinski definition) is 4. The van der Waals surface area contributed by atoms with Gasteiger partial charge in [-0.3, -0.25) is 4.90 Å². The van der Waals surface area contributed by atoms with Crippen LogP contribution in [-0.4, -0.2) is 42.2 Å². The van der Waals surface area contributed by atoms with Gasteiger partial charge in [0.1, 0.15) is 5.82 Å². The van der Waals surface area contributed by atoms with E-state index in [1.165, 1.54) is 24.9 Å². The number of nitrogens with zero attached hydrogens (tertiary/aromatic N) is 2. The van der Waals surface area contributed by atoms with Gasteiger partial charge in [-0.1, -0.05) is 6.92 Å². The summed E-state index contributed by atoms with van der Waals surface area (Å²) in [5, 5.41) is 3.35. The fourth-order valence-electron chi connectivity index (χ4n) is 2.71. The minimum Gasteiger partial charge on any atom is -0.377 e. The topological polar surface area (TPSA) is 37.4 Å². The van der Waals surface area contributed by atoms with Crippen LogP contribution in [0.3, 0.4) is 0 Å². The number of nitrogens with one attached hydrogen (secondary N) is 1. The van der Waals surface area contributed by atoms with Gasteiger partial charge >= 0.3 is 0 Å². The summed E-state index contributed by atoms with van der Waals surface area (Å²) in [5.41, 5.74) is 1.33. The molecule has 2 rings (SSSR count). The molecular formula is C16H27N3O. The molecule has 1 aliphatic rings. The van der Waals surface area contributed by atoms with Crippen molar-refractivity contribution in [2.45, 2.75) is 45.8 Å². The molecule has 0 radical (unpaired) electrons. The Kier molecular flexibility index (Phi) is 6.27. The summed E-state index contributed by atoms with van der Waals surface area (Å²) in [6.07, 6.45) is 5.86. The molecule has 2 heterocycles. The summed E-state index contributed by atoms with van der Waals surface area (Å²) in [4.78, 5) is 6.85. The Morgan fingerprint density at radius 2 is 2.35 bits per heavy atom. The monoisotopic (exact) mass is 277 g/mol. The Bertz CT molecular complexity index is 395. The van der Waals surface area contributed by atoms with Crippen LogP contribution in [0.15, 0.2) is 18.3 Å². The van der Waals surface area contributed by atoms with E-state index in [1.807, 2.05) is 6.20 Å². The summed E-state index contributed by atoms with van der Waals surface area (Å²) >= 11 is 0. The first kappa shape index (κ1) is 15.3. The summed E-state index contributed by atoms with van der Waals surface area (Å²) in [5.74, 6) is 0.989. The molecule has 0 saturated carbocycles. The third-order valence-corrected chi connectivity index (χ3v) is 3.65. The Morgan fingerprint density at radius 1 is 1.45 bits per heavy atom. The number of hydrogen-bond donors (Lipinski definition) is 1. The van der Waals surface area contributed by atoms with Gasteiger partial charge in [-0.15, -0.1) is 0 Å². The molecular weight excluding hydrogens is 250 g/mol. The van der Waals surface area contributed by atoms with Crippen LogP contribution in [0.1, 0.15) is 38.7 Å². The Balaban J connectivity index is 1.88. The maximum Gasteiger partial charge on any atom is 0.126 e. The maximum atomic E-state index is 5.76. The van der Waals surface area contributed by atoms with E-state index < -0.39 is 0 Å². The maximum absolute atomic E-state index is 5.76. The van der Waals surface area contributed by atoms with Crippen molar-refractivity contribution in [2.75, 3.05) is 31.6 Å². The zero-order valence-electron chi connectivity index (χ0n) is 12.8. The van der Waals surface area contributed by atoms with E-state index in [9.17, 15) is 0 Å². The molecule has 112 valence electrons. The van der Waals surface area contributed by atoms with Crippen molar-refractivity contribution in [3.63, 3.8) is 0 Å². The second-order valence-electron chi connectivity index (χ2n) is 5.43. The number of pyridine rings is 1.